The number of sulfone groups is 1. The van der Waals surface area contributed by atoms with E-state index in [9.17, 15) is 8.42 Å². The second kappa shape index (κ2) is 4.97. The van der Waals surface area contributed by atoms with Crippen LogP contribution in [0.2, 0.25) is 0 Å². The van der Waals surface area contributed by atoms with E-state index in [4.69, 9.17) is 5.26 Å². The van der Waals surface area contributed by atoms with Gasteiger partial charge in [-0.2, -0.15) is 5.26 Å². The van der Waals surface area contributed by atoms with Crippen LogP contribution in [0.1, 0.15) is 11.1 Å². The first-order chi connectivity index (χ1) is 10.4. The second-order valence-corrected chi connectivity index (χ2v) is 6.97. The largest absolute Gasteiger partial charge is 0.257 e. The van der Waals surface area contributed by atoms with Crippen LogP contribution < -0.4 is 5.01 Å². The van der Waals surface area contributed by atoms with E-state index in [1.807, 2.05) is 44.2 Å². The zero-order chi connectivity index (χ0) is 15.9. The van der Waals surface area contributed by atoms with E-state index in [2.05, 4.69) is 5.10 Å². The van der Waals surface area contributed by atoms with E-state index < -0.39 is 14.9 Å². The molecule has 0 saturated heterocycles. The summed E-state index contributed by atoms with van der Waals surface area (Å²) >= 11 is 0. The average molecular weight is 311 g/mol. The summed E-state index contributed by atoms with van der Waals surface area (Å²) in [6.45, 7) is 3.77. The van der Waals surface area contributed by atoms with Crippen LogP contribution in [-0.2, 0) is 9.84 Å². The maximum atomic E-state index is 12.4. The molecule has 1 aliphatic rings. The molecule has 1 heterocycles. The van der Waals surface area contributed by atoms with Crippen molar-refractivity contribution in [3.63, 3.8) is 0 Å². The van der Waals surface area contributed by atoms with Crippen LogP contribution in [0.15, 0.2) is 52.5 Å². The highest BCUT2D eigenvalue weighted by atomic mass is 32.2. The Bertz CT molecular complexity index is 923. The molecule has 22 heavy (non-hydrogen) atoms. The molecule has 5 nitrogen and oxygen atoms in total. The number of hydrogen-bond donors (Lipinski definition) is 0. The number of hydrazone groups is 1. The van der Waals surface area contributed by atoms with Gasteiger partial charge in [0.15, 0.2) is 0 Å². The fraction of sp³-hybridized carbons (Fsp3) is 0.125. The van der Waals surface area contributed by atoms with Crippen molar-refractivity contribution < 1.29 is 8.42 Å². The number of nitrogens with zero attached hydrogens (tertiary/aromatic N) is 3. The van der Waals surface area contributed by atoms with Crippen molar-refractivity contribution in [3.8, 4) is 6.07 Å². The first-order valence-corrected chi connectivity index (χ1v) is 8.13. The van der Waals surface area contributed by atoms with E-state index in [0.717, 1.165) is 11.1 Å². The van der Waals surface area contributed by atoms with E-state index in [-0.39, 0.29) is 4.90 Å². The Morgan fingerprint density at radius 1 is 1.05 bits per heavy atom. The van der Waals surface area contributed by atoms with Crippen LogP contribution in [0.3, 0.4) is 0 Å². The van der Waals surface area contributed by atoms with E-state index in [0.29, 0.717) is 11.4 Å². The lowest BCUT2D eigenvalue weighted by Crippen LogP contribution is -2.26. The quantitative estimate of drug-likeness (QED) is 0.811. The predicted molar refractivity (Wildman–Crippen MR) is 84.7 cm³/mol. The van der Waals surface area contributed by atoms with Crippen LogP contribution in [-0.4, -0.2) is 13.5 Å². The Morgan fingerprint density at radius 2 is 1.68 bits per heavy atom. The van der Waals surface area contributed by atoms with Crippen molar-refractivity contribution in [1.82, 2.24) is 0 Å². The van der Waals surface area contributed by atoms with E-state index in [1.54, 1.807) is 18.2 Å². The molecule has 0 radical (unpaired) electrons. The summed E-state index contributed by atoms with van der Waals surface area (Å²) in [5.74, 6) is 0. The number of aryl methyl sites for hydroxylation is 2. The van der Waals surface area contributed by atoms with Gasteiger partial charge in [0.2, 0.25) is 9.84 Å². The summed E-state index contributed by atoms with van der Waals surface area (Å²) in [6, 6.07) is 14.3. The minimum Gasteiger partial charge on any atom is -0.230 e. The molecular weight excluding hydrogens is 298 g/mol. The lowest BCUT2D eigenvalue weighted by Gasteiger charge is -2.26. The summed E-state index contributed by atoms with van der Waals surface area (Å²) in [4.78, 5) is 0.111. The molecule has 0 unspecified atom stereocenters. The van der Waals surface area contributed by atoms with Crippen molar-refractivity contribution in [2.45, 2.75) is 18.7 Å². The molecule has 0 aliphatic carbocycles. The number of nitriles is 1. The molecule has 0 saturated carbocycles. The predicted octanol–water partition coefficient (Wildman–Crippen LogP) is 3.07. The van der Waals surface area contributed by atoms with Gasteiger partial charge in [0.1, 0.15) is 11.0 Å². The molecule has 0 fully saturated rings. The normalized spacial score (nSPS) is 15.7. The summed E-state index contributed by atoms with van der Waals surface area (Å²) in [7, 11) is -3.86. The van der Waals surface area contributed by atoms with Gasteiger partial charge in [0, 0.05) is 0 Å². The van der Waals surface area contributed by atoms with E-state index in [1.165, 1.54) is 5.01 Å². The summed E-state index contributed by atoms with van der Waals surface area (Å²) in [5, 5.41) is 14.2. The molecule has 6 heteroatoms. The molecule has 3 rings (SSSR count). The molecular formula is C16H13N3O2S. The van der Waals surface area contributed by atoms with Gasteiger partial charge in [-0.3, -0.25) is 0 Å². The Labute approximate surface area is 129 Å². The Balaban J connectivity index is 2.28. The molecule has 0 atom stereocenters. The minimum absolute atomic E-state index is 0.111. The fourth-order valence-corrected chi connectivity index (χ4v) is 3.57. The van der Waals surface area contributed by atoms with Gasteiger partial charge < -0.3 is 0 Å². The molecule has 0 aromatic heterocycles. The average Bonchev–Trinajstić information content (AvgIpc) is 2.49. The summed E-state index contributed by atoms with van der Waals surface area (Å²) in [5.41, 5.74) is 3.05. The molecule has 0 spiro atoms. The number of hydrogen-bond acceptors (Lipinski definition) is 5. The molecule has 0 N–H and O–H groups in total. The van der Waals surface area contributed by atoms with Gasteiger partial charge in [-0.15, -0.1) is 5.10 Å². The second-order valence-electron chi connectivity index (χ2n) is 5.14. The SMILES string of the molecule is Cc1ccc(N2N=C(C#N)S(=O)(=O)c3cc(C)ccc32)cc1. The van der Waals surface area contributed by atoms with E-state index >= 15 is 0 Å². The summed E-state index contributed by atoms with van der Waals surface area (Å²) < 4.78 is 24.9. The zero-order valence-corrected chi connectivity index (χ0v) is 12.9. The first kappa shape index (κ1) is 14.3. The van der Waals surface area contributed by atoms with Gasteiger partial charge in [-0.1, -0.05) is 23.8 Å². The van der Waals surface area contributed by atoms with Crippen molar-refractivity contribution in [2.75, 3.05) is 5.01 Å². The lowest BCUT2D eigenvalue weighted by atomic mass is 10.2. The maximum absolute atomic E-state index is 12.4. The number of fused-ring (bicyclic) bond motifs is 1. The van der Waals surface area contributed by atoms with Gasteiger partial charge in [0.25, 0.3) is 5.04 Å². The molecule has 2 aromatic rings. The zero-order valence-electron chi connectivity index (χ0n) is 12.1. The number of benzene rings is 2. The minimum atomic E-state index is -3.86. The van der Waals surface area contributed by atoms with Gasteiger partial charge in [-0.25, -0.2) is 13.4 Å². The summed E-state index contributed by atoms with van der Waals surface area (Å²) in [6.07, 6.45) is 0. The Hall–Kier alpha value is -2.65. The number of rotatable bonds is 1. The molecule has 0 amide bonds. The molecule has 110 valence electrons. The van der Waals surface area contributed by atoms with Crippen molar-refractivity contribution >= 4 is 26.3 Å². The lowest BCUT2D eigenvalue weighted by molar-refractivity contribution is 0.606. The topological polar surface area (TPSA) is 73.5 Å². The van der Waals surface area contributed by atoms with Crippen LogP contribution in [0.4, 0.5) is 11.4 Å². The van der Waals surface area contributed by atoms with Gasteiger partial charge >= 0.3 is 0 Å². The van der Waals surface area contributed by atoms with Gasteiger partial charge in [-0.05, 0) is 43.7 Å². The first-order valence-electron chi connectivity index (χ1n) is 6.65. The highest BCUT2D eigenvalue weighted by Crippen LogP contribution is 2.37. The smallest absolute Gasteiger partial charge is 0.230 e. The third-order valence-corrected chi connectivity index (χ3v) is 5.04. The van der Waals surface area contributed by atoms with Crippen LogP contribution in [0.5, 0.6) is 0 Å². The van der Waals surface area contributed by atoms with Crippen molar-refractivity contribution in [1.29, 1.82) is 5.26 Å². The Morgan fingerprint density at radius 3 is 2.32 bits per heavy atom. The standard InChI is InChI=1S/C16H13N3O2S/c1-11-3-6-13(7-4-11)19-14-8-5-12(2)9-15(14)22(20,21)16(10-17)18-19/h3-9H,1-2H3. The maximum Gasteiger partial charge on any atom is 0.257 e. The fourth-order valence-electron chi connectivity index (χ4n) is 2.28. The third kappa shape index (κ3) is 2.16. The Kier molecular flexibility index (Phi) is 3.23. The highest BCUT2D eigenvalue weighted by Gasteiger charge is 2.33. The monoisotopic (exact) mass is 311 g/mol. The van der Waals surface area contributed by atoms with Gasteiger partial charge in [0.05, 0.1) is 11.4 Å². The highest BCUT2D eigenvalue weighted by molar-refractivity contribution is 8.07. The van der Waals surface area contributed by atoms with Crippen molar-refractivity contribution in [3.05, 3.63) is 53.6 Å². The van der Waals surface area contributed by atoms with Crippen LogP contribution in [0, 0.1) is 25.2 Å². The molecule has 1 aliphatic heterocycles. The van der Waals surface area contributed by atoms with Crippen molar-refractivity contribution in [2.24, 2.45) is 5.10 Å². The van der Waals surface area contributed by atoms with Crippen LogP contribution in [0.25, 0.3) is 0 Å². The third-order valence-electron chi connectivity index (χ3n) is 3.45. The van der Waals surface area contributed by atoms with Crippen LogP contribution >= 0.6 is 0 Å². The molecule has 2 aromatic carbocycles. The molecule has 0 bridgehead atoms. The number of anilines is 2.